The van der Waals surface area contributed by atoms with Crippen LogP contribution in [0.5, 0.6) is 0 Å². The zero-order valence-corrected chi connectivity index (χ0v) is 15.8. The second kappa shape index (κ2) is 18.4. The smallest absolute Gasteiger partial charge is 0.252 e. The van der Waals surface area contributed by atoms with Crippen molar-refractivity contribution >= 4 is 11.8 Å². The number of nitrogens with one attached hydrogen (secondary N) is 1. The van der Waals surface area contributed by atoms with E-state index in [-0.39, 0.29) is 5.91 Å². The Hall–Kier alpha value is -0.900. The van der Waals surface area contributed by atoms with Crippen molar-refractivity contribution in [1.29, 1.82) is 0 Å². The van der Waals surface area contributed by atoms with Crippen molar-refractivity contribution in [1.82, 2.24) is 5.32 Å². The van der Waals surface area contributed by atoms with Crippen molar-refractivity contribution < 1.29 is 14.7 Å². The molecule has 0 aliphatic heterocycles. The lowest BCUT2D eigenvalue weighted by Gasteiger charge is -2.04. The maximum Gasteiger partial charge on any atom is 0.252 e. The summed E-state index contributed by atoms with van der Waals surface area (Å²) in [6.45, 7) is 1.64. The Labute approximate surface area is 148 Å². The Bertz CT molecular complexity index is 305. The molecule has 0 rings (SSSR count). The second-order valence-corrected chi connectivity index (χ2v) is 6.83. The summed E-state index contributed by atoms with van der Waals surface area (Å²) in [6.07, 6.45) is 19.8. The molecule has 0 fully saturated rings. The molecule has 0 saturated heterocycles. The molecule has 0 bridgehead atoms. The molecule has 0 aromatic carbocycles. The van der Waals surface area contributed by atoms with E-state index in [1.807, 2.05) is 0 Å². The highest BCUT2D eigenvalue weighted by Gasteiger charge is 2.05. The summed E-state index contributed by atoms with van der Waals surface area (Å²) in [5.74, 6) is -0.885. The first-order valence-corrected chi connectivity index (χ1v) is 10.1. The molecule has 4 heteroatoms. The van der Waals surface area contributed by atoms with Gasteiger partial charge in [-0.15, -0.1) is 0 Å². The molecule has 0 atom stereocenters. The topological polar surface area (TPSA) is 66.4 Å². The van der Waals surface area contributed by atoms with Crippen molar-refractivity contribution in [2.75, 3.05) is 6.61 Å². The Balaban J connectivity index is 3.12. The number of unbranched alkanes of at least 4 members (excludes halogenated alkanes) is 14. The zero-order chi connectivity index (χ0) is 17.9. The van der Waals surface area contributed by atoms with Crippen molar-refractivity contribution in [3.8, 4) is 0 Å². The molecule has 24 heavy (non-hydrogen) atoms. The van der Waals surface area contributed by atoms with Crippen LogP contribution in [-0.2, 0) is 9.59 Å². The van der Waals surface area contributed by atoms with E-state index in [1.54, 1.807) is 0 Å². The van der Waals surface area contributed by atoms with Gasteiger partial charge in [0.15, 0.2) is 0 Å². The number of carbonyl (C=O) groups excluding carboxylic acids is 2. The molecule has 2 amide bonds. The molecule has 0 unspecified atom stereocenters. The molecule has 0 aromatic rings. The third kappa shape index (κ3) is 17.5. The maximum absolute atomic E-state index is 11.3. The van der Waals surface area contributed by atoms with Gasteiger partial charge in [-0.05, 0) is 6.42 Å². The Morgan fingerprint density at radius 3 is 1.38 bits per heavy atom. The lowest BCUT2D eigenvalue weighted by atomic mass is 10.0. The van der Waals surface area contributed by atoms with Gasteiger partial charge in [0.05, 0.1) is 0 Å². The van der Waals surface area contributed by atoms with Gasteiger partial charge < -0.3 is 5.11 Å². The highest BCUT2D eigenvalue weighted by molar-refractivity contribution is 5.95. The SMILES string of the molecule is CCCCCCCCCCCCCCCCCC(=O)NC(=O)CO. The van der Waals surface area contributed by atoms with Crippen LogP contribution in [-0.4, -0.2) is 23.5 Å². The van der Waals surface area contributed by atoms with Crippen LogP contribution in [0.4, 0.5) is 0 Å². The molecule has 0 radical (unpaired) electrons. The van der Waals surface area contributed by atoms with Crippen LogP contribution < -0.4 is 5.32 Å². The molecule has 142 valence electrons. The molecule has 0 spiro atoms. The van der Waals surface area contributed by atoms with Crippen LogP contribution in [0.3, 0.4) is 0 Å². The third-order valence-corrected chi connectivity index (χ3v) is 4.43. The largest absolute Gasteiger partial charge is 0.387 e. The number of carbonyl (C=O) groups is 2. The number of rotatable bonds is 17. The quantitative estimate of drug-likeness (QED) is 0.370. The summed E-state index contributed by atoms with van der Waals surface area (Å²) < 4.78 is 0. The Kier molecular flexibility index (Phi) is 17.7. The lowest BCUT2D eigenvalue weighted by molar-refractivity contribution is -0.132. The molecule has 2 N–H and O–H groups in total. The van der Waals surface area contributed by atoms with E-state index in [4.69, 9.17) is 5.11 Å². The minimum atomic E-state index is -0.620. The number of amides is 2. The molecule has 0 aromatic heterocycles. The summed E-state index contributed by atoms with van der Waals surface area (Å²) >= 11 is 0. The van der Waals surface area contributed by atoms with E-state index >= 15 is 0 Å². The van der Waals surface area contributed by atoms with Crippen molar-refractivity contribution in [3.05, 3.63) is 0 Å². The highest BCUT2D eigenvalue weighted by Crippen LogP contribution is 2.13. The Morgan fingerprint density at radius 2 is 1.00 bits per heavy atom. The fourth-order valence-corrected chi connectivity index (χ4v) is 2.91. The average molecular weight is 342 g/mol. The molecule has 0 aliphatic rings. The first kappa shape index (κ1) is 23.1. The number of hydrogen-bond donors (Lipinski definition) is 2. The van der Waals surface area contributed by atoms with Crippen LogP contribution in [0.25, 0.3) is 0 Å². The van der Waals surface area contributed by atoms with E-state index in [0.29, 0.717) is 6.42 Å². The standard InChI is InChI=1S/C20H39NO3/c1-2-3-4-5-6-7-8-9-10-11-12-13-14-15-16-17-19(23)21-20(24)18-22/h22H,2-18H2,1H3,(H,21,23,24). The van der Waals surface area contributed by atoms with E-state index in [1.165, 1.54) is 83.5 Å². The predicted molar refractivity (Wildman–Crippen MR) is 99.8 cm³/mol. The van der Waals surface area contributed by atoms with Gasteiger partial charge in [0, 0.05) is 6.42 Å². The summed E-state index contributed by atoms with van der Waals surface area (Å²) in [7, 11) is 0. The van der Waals surface area contributed by atoms with Gasteiger partial charge >= 0.3 is 0 Å². The summed E-state index contributed by atoms with van der Waals surface area (Å²) in [6, 6.07) is 0. The first-order chi connectivity index (χ1) is 11.7. The van der Waals surface area contributed by atoms with Crippen LogP contribution in [0.2, 0.25) is 0 Å². The number of aliphatic hydroxyl groups excluding tert-OH is 1. The average Bonchev–Trinajstić information content (AvgIpc) is 2.58. The fourth-order valence-electron chi connectivity index (χ4n) is 2.91. The van der Waals surface area contributed by atoms with Gasteiger partial charge in [0.25, 0.3) is 5.91 Å². The summed E-state index contributed by atoms with van der Waals surface area (Å²) in [5, 5.41) is 10.7. The van der Waals surface area contributed by atoms with Gasteiger partial charge in [-0.25, -0.2) is 0 Å². The molecule has 0 saturated carbocycles. The monoisotopic (exact) mass is 341 g/mol. The van der Waals surface area contributed by atoms with Gasteiger partial charge in [-0.3, -0.25) is 14.9 Å². The van der Waals surface area contributed by atoms with Crippen LogP contribution in [0.1, 0.15) is 110 Å². The first-order valence-electron chi connectivity index (χ1n) is 10.1. The minimum absolute atomic E-state index is 0.274. The maximum atomic E-state index is 11.3. The van der Waals surface area contributed by atoms with E-state index in [9.17, 15) is 9.59 Å². The fraction of sp³-hybridized carbons (Fsp3) is 0.900. The molecule has 4 nitrogen and oxygen atoms in total. The molecule has 0 aliphatic carbocycles. The van der Waals surface area contributed by atoms with Gasteiger partial charge in [-0.1, -0.05) is 96.8 Å². The van der Waals surface area contributed by atoms with Crippen molar-refractivity contribution in [2.45, 2.75) is 110 Å². The van der Waals surface area contributed by atoms with Gasteiger partial charge in [-0.2, -0.15) is 0 Å². The van der Waals surface area contributed by atoms with Crippen LogP contribution in [0, 0.1) is 0 Å². The van der Waals surface area contributed by atoms with E-state index < -0.39 is 12.5 Å². The second-order valence-electron chi connectivity index (χ2n) is 6.83. The lowest BCUT2D eigenvalue weighted by Crippen LogP contribution is -2.32. The van der Waals surface area contributed by atoms with Gasteiger partial charge in [0.1, 0.15) is 6.61 Å². The minimum Gasteiger partial charge on any atom is -0.387 e. The van der Waals surface area contributed by atoms with Crippen molar-refractivity contribution in [3.63, 3.8) is 0 Å². The number of aliphatic hydroxyl groups is 1. The Morgan fingerprint density at radius 1 is 0.625 bits per heavy atom. The van der Waals surface area contributed by atoms with Crippen molar-refractivity contribution in [2.24, 2.45) is 0 Å². The van der Waals surface area contributed by atoms with Crippen LogP contribution in [0.15, 0.2) is 0 Å². The third-order valence-electron chi connectivity index (χ3n) is 4.43. The summed E-state index contributed by atoms with van der Waals surface area (Å²) in [4.78, 5) is 22.1. The summed E-state index contributed by atoms with van der Waals surface area (Å²) in [5.41, 5.74) is 0. The number of imide groups is 1. The van der Waals surface area contributed by atoms with E-state index in [2.05, 4.69) is 12.2 Å². The van der Waals surface area contributed by atoms with Crippen LogP contribution >= 0.6 is 0 Å². The predicted octanol–water partition coefficient (Wildman–Crippen LogP) is 4.88. The molecular formula is C20H39NO3. The number of hydrogen-bond acceptors (Lipinski definition) is 3. The normalized spacial score (nSPS) is 10.8. The van der Waals surface area contributed by atoms with E-state index in [0.717, 1.165) is 12.8 Å². The van der Waals surface area contributed by atoms with Gasteiger partial charge in [0.2, 0.25) is 5.91 Å². The molecule has 0 heterocycles. The molecular weight excluding hydrogens is 302 g/mol. The zero-order valence-electron chi connectivity index (χ0n) is 15.8. The highest BCUT2D eigenvalue weighted by atomic mass is 16.3.